The minimum Gasteiger partial charge on any atom is -0.480 e. The van der Waals surface area contributed by atoms with Crippen molar-refractivity contribution in [3.05, 3.63) is 42.5 Å². The summed E-state index contributed by atoms with van der Waals surface area (Å²) < 4.78 is 0. The first-order chi connectivity index (χ1) is 9.43. The average Bonchev–Trinajstić information content (AvgIpc) is 2.38. The van der Waals surface area contributed by atoms with E-state index in [2.05, 4.69) is 17.2 Å². The van der Waals surface area contributed by atoms with Gasteiger partial charge < -0.3 is 21.5 Å². The molecular weight excluding hydrogens is 262 g/mol. The molecule has 0 fully saturated rings. The van der Waals surface area contributed by atoms with Gasteiger partial charge in [-0.15, -0.1) is 6.58 Å². The van der Waals surface area contributed by atoms with Crippen molar-refractivity contribution in [3.8, 4) is 0 Å². The smallest absolute Gasteiger partial charge is 0.326 e. The monoisotopic (exact) mass is 277 g/mol. The van der Waals surface area contributed by atoms with Crippen LogP contribution in [0.15, 0.2) is 36.9 Å². The van der Waals surface area contributed by atoms with E-state index in [0.29, 0.717) is 11.3 Å². The number of rotatable bonds is 6. The Hall–Kier alpha value is -2.83. The lowest BCUT2D eigenvalue weighted by atomic mass is 10.2. The summed E-state index contributed by atoms with van der Waals surface area (Å²) in [6.45, 7) is 3.42. The van der Waals surface area contributed by atoms with Gasteiger partial charge in [0.15, 0.2) is 0 Å². The summed E-state index contributed by atoms with van der Waals surface area (Å²) in [4.78, 5) is 33.3. The first-order valence-corrected chi connectivity index (χ1v) is 5.75. The highest BCUT2D eigenvalue weighted by Gasteiger charge is 2.18. The highest BCUT2D eigenvalue weighted by Crippen LogP contribution is 2.09. The van der Waals surface area contributed by atoms with Gasteiger partial charge >= 0.3 is 12.0 Å². The number of hydrogen-bond donors (Lipinski definition) is 4. The van der Waals surface area contributed by atoms with Crippen LogP contribution >= 0.6 is 0 Å². The third-order valence-electron chi connectivity index (χ3n) is 2.43. The highest BCUT2D eigenvalue weighted by atomic mass is 16.4. The Bertz CT molecular complexity index is 525. The first kappa shape index (κ1) is 15.2. The molecule has 1 aromatic carbocycles. The van der Waals surface area contributed by atoms with Gasteiger partial charge in [0, 0.05) is 11.3 Å². The van der Waals surface area contributed by atoms with Crippen molar-refractivity contribution < 1.29 is 19.5 Å². The molecule has 1 rings (SSSR count). The number of anilines is 1. The number of urea groups is 1. The number of carboxylic acid groups (broad SMARTS) is 1. The maximum absolute atomic E-state index is 11.6. The number of nitrogens with two attached hydrogens (primary N) is 1. The second-order valence-corrected chi connectivity index (χ2v) is 3.96. The molecule has 1 unspecified atom stereocenters. The third-order valence-corrected chi connectivity index (χ3v) is 2.43. The van der Waals surface area contributed by atoms with Crippen LogP contribution in [0.2, 0.25) is 0 Å². The van der Waals surface area contributed by atoms with Gasteiger partial charge in [-0.25, -0.2) is 9.59 Å². The maximum Gasteiger partial charge on any atom is 0.326 e. The van der Waals surface area contributed by atoms with E-state index in [1.165, 1.54) is 30.3 Å². The van der Waals surface area contributed by atoms with Gasteiger partial charge in [0.1, 0.15) is 6.04 Å². The van der Waals surface area contributed by atoms with Crippen LogP contribution in [0, 0.1) is 0 Å². The lowest BCUT2D eigenvalue weighted by Gasteiger charge is -2.13. The lowest BCUT2D eigenvalue weighted by molar-refractivity contribution is -0.139. The Morgan fingerprint density at radius 3 is 2.35 bits per heavy atom. The molecule has 0 aromatic heterocycles. The molecule has 0 aliphatic heterocycles. The van der Waals surface area contributed by atoms with Crippen molar-refractivity contribution in [3.63, 3.8) is 0 Å². The van der Waals surface area contributed by atoms with Gasteiger partial charge in [-0.3, -0.25) is 4.79 Å². The number of carboxylic acids is 1. The van der Waals surface area contributed by atoms with Crippen LogP contribution in [0.5, 0.6) is 0 Å². The normalized spacial score (nSPS) is 11.2. The fourth-order valence-electron chi connectivity index (χ4n) is 1.43. The molecule has 0 bridgehead atoms. The Labute approximate surface area is 115 Å². The quantitative estimate of drug-likeness (QED) is 0.578. The Morgan fingerprint density at radius 1 is 1.30 bits per heavy atom. The standard InChI is InChI=1S/C13H15N3O4/c1-2-3-10(12(18)19)16-13(20)15-9-6-4-8(5-7-9)11(14)17/h2,4-7,10H,1,3H2,(H2,14,17)(H,18,19)(H2,15,16,20). The summed E-state index contributed by atoms with van der Waals surface area (Å²) in [5.41, 5.74) is 5.81. The zero-order valence-corrected chi connectivity index (χ0v) is 10.6. The largest absolute Gasteiger partial charge is 0.480 e. The van der Waals surface area contributed by atoms with Crippen molar-refractivity contribution in [1.82, 2.24) is 5.32 Å². The summed E-state index contributed by atoms with van der Waals surface area (Å²) in [5.74, 6) is -1.72. The molecule has 1 aromatic rings. The molecule has 7 nitrogen and oxygen atoms in total. The summed E-state index contributed by atoms with van der Waals surface area (Å²) in [5, 5.41) is 13.6. The summed E-state index contributed by atoms with van der Waals surface area (Å²) in [6, 6.07) is 4.18. The fraction of sp³-hybridized carbons (Fsp3) is 0.154. The summed E-state index contributed by atoms with van der Waals surface area (Å²) in [6.07, 6.45) is 1.52. The zero-order chi connectivity index (χ0) is 15.1. The van der Waals surface area contributed by atoms with E-state index in [0.717, 1.165) is 0 Å². The molecule has 7 heteroatoms. The molecule has 0 saturated heterocycles. The first-order valence-electron chi connectivity index (χ1n) is 5.75. The number of benzene rings is 1. The van der Waals surface area contributed by atoms with Gasteiger partial charge in [-0.1, -0.05) is 6.08 Å². The minimum atomic E-state index is -1.15. The molecule has 20 heavy (non-hydrogen) atoms. The van der Waals surface area contributed by atoms with E-state index < -0.39 is 23.9 Å². The second-order valence-electron chi connectivity index (χ2n) is 3.96. The Balaban J connectivity index is 2.63. The lowest BCUT2D eigenvalue weighted by Crippen LogP contribution is -2.42. The van der Waals surface area contributed by atoms with Crippen molar-refractivity contribution >= 4 is 23.6 Å². The van der Waals surface area contributed by atoms with Crippen LogP contribution in [0.3, 0.4) is 0 Å². The van der Waals surface area contributed by atoms with Gasteiger partial charge in [-0.05, 0) is 30.7 Å². The molecule has 1 atom stereocenters. The molecule has 5 N–H and O–H groups in total. The number of carbonyl (C=O) groups excluding carboxylic acids is 2. The topological polar surface area (TPSA) is 122 Å². The van der Waals surface area contributed by atoms with Crippen LogP contribution in [0.1, 0.15) is 16.8 Å². The Morgan fingerprint density at radius 2 is 1.90 bits per heavy atom. The van der Waals surface area contributed by atoms with Gasteiger partial charge in [0.2, 0.25) is 5.91 Å². The van der Waals surface area contributed by atoms with Crippen LogP contribution in [-0.4, -0.2) is 29.1 Å². The number of amides is 3. The summed E-state index contributed by atoms with van der Waals surface area (Å²) >= 11 is 0. The van der Waals surface area contributed by atoms with E-state index in [4.69, 9.17) is 10.8 Å². The van der Waals surface area contributed by atoms with E-state index in [1.54, 1.807) is 0 Å². The molecular formula is C13H15N3O4. The van der Waals surface area contributed by atoms with Crippen molar-refractivity contribution in [2.45, 2.75) is 12.5 Å². The molecule has 0 saturated carbocycles. The number of nitrogens with one attached hydrogen (secondary N) is 2. The van der Waals surface area contributed by atoms with Crippen molar-refractivity contribution in [2.75, 3.05) is 5.32 Å². The van der Waals surface area contributed by atoms with Crippen LogP contribution < -0.4 is 16.4 Å². The second kappa shape index (κ2) is 6.93. The molecule has 0 spiro atoms. The fourth-order valence-corrected chi connectivity index (χ4v) is 1.43. The predicted molar refractivity (Wildman–Crippen MR) is 73.4 cm³/mol. The summed E-state index contributed by atoms with van der Waals surface area (Å²) in [7, 11) is 0. The average molecular weight is 277 g/mol. The highest BCUT2D eigenvalue weighted by molar-refractivity contribution is 5.95. The molecule has 0 heterocycles. The van der Waals surface area contributed by atoms with E-state index >= 15 is 0 Å². The Kier molecular flexibility index (Phi) is 5.28. The number of primary amides is 1. The number of aliphatic carboxylic acids is 1. The number of hydrogen-bond acceptors (Lipinski definition) is 3. The number of carbonyl (C=O) groups is 3. The van der Waals surface area contributed by atoms with Crippen molar-refractivity contribution in [2.24, 2.45) is 5.73 Å². The zero-order valence-electron chi connectivity index (χ0n) is 10.6. The SMILES string of the molecule is C=CCC(NC(=O)Nc1ccc(C(N)=O)cc1)C(=O)O. The molecule has 3 amide bonds. The molecule has 0 radical (unpaired) electrons. The van der Waals surface area contributed by atoms with E-state index in [9.17, 15) is 14.4 Å². The van der Waals surface area contributed by atoms with E-state index in [1.807, 2.05) is 0 Å². The van der Waals surface area contributed by atoms with Gasteiger partial charge in [0.25, 0.3) is 0 Å². The molecule has 0 aliphatic rings. The van der Waals surface area contributed by atoms with E-state index in [-0.39, 0.29) is 6.42 Å². The predicted octanol–water partition coefficient (Wildman–Crippen LogP) is 0.936. The van der Waals surface area contributed by atoms with Crippen LogP contribution in [-0.2, 0) is 4.79 Å². The van der Waals surface area contributed by atoms with Crippen LogP contribution in [0.4, 0.5) is 10.5 Å². The van der Waals surface area contributed by atoms with Crippen LogP contribution in [0.25, 0.3) is 0 Å². The molecule has 0 aliphatic carbocycles. The maximum atomic E-state index is 11.6. The third kappa shape index (κ3) is 4.45. The molecule has 106 valence electrons. The van der Waals surface area contributed by atoms with Gasteiger partial charge in [-0.2, -0.15) is 0 Å². The minimum absolute atomic E-state index is 0.114. The van der Waals surface area contributed by atoms with Crippen molar-refractivity contribution in [1.29, 1.82) is 0 Å². The van der Waals surface area contributed by atoms with Gasteiger partial charge in [0.05, 0.1) is 0 Å².